The highest BCUT2D eigenvalue weighted by Crippen LogP contribution is 2.43. The Hall–Kier alpha value is -1.85. The van der Waals surface area contributed by atoms with E-state index in [-0.39, 0.29) is 5.91 Å². The molecule has 0 spiro atoms. The van der Waals surface area contributed by atoms with Crippen LogP contribution in [0.5, 0.6) is 0 Å². The Kier molecular flexibility index (Phi) is 2.80. The summed E-state index contributed by atoms with van der Waals surface area (Å²) < 4.78 is 0.963. The number of anilines is 3. The molecule has 1 amide bonds. The Bertz CT molecular complexity index is 759. The molecule has 21 heavy (non-hydrogen) atoms. The quantitative estimate of drug-likeness (QED) is 0.836. The topological polar surface area (TPSA) is 58.4 Å². The van der Waals surface area contributed by atoms with Gasteiger partial charge in [0.2, 0.25) is 5.91 Å². The molecule has 2 aliphatic heterocycles. The Morgan fingerprint density at radius 3 is 2.90 bits per heavy atom. The second-order valence-electron chi connectivity index (χ2n) is 5.39. The molecular weight excluding hydrogens is 330 g/mol. The van der Waals surface area contributed by atoms with Crippen molar-refractivity contribution in [3.05, 3.63) is 52.0 Å². The van der Waals surface area contributed by atoms with E-state index in [1.807, 2.05) is 12.1 Å². The van der Waals surface area contributed by atoms with Crippen molar-refractivity contribution in [3.63, 3.8) is 0 Å². The van der Waals surface area contributed by atoms with Crippen molar-refractivity contribution >= 4 is 38.9 Å². The normalized spacial score (nSPS) is 19.4. The zero-order valence-electron chi connectivity index (χ0n) is 11.3. The zero-order valence-corrected chi connectivity index (χ0v) is 12.9. The van der Waals surface area contributed by atoms with E-state index in [9.17, 15) is 4.79 Å². The van der Waals surface area contributed by atoms with E-state index in [1.165, 1.54) is 11.3 Å². The first-order chi connectivity index (χ1) is 10.1. The number of rotatable bonds is 1. The number of benzene rings is 2. The minimum absolute atomic E-state index is 0.143. The van der Waals surface area contributed by atoms with Crippen LogP contribution < -0.4 is 16.0 Å². The highest BCUT2D eigenvalue weighted by molar-refractivity contribution is 9.10. The molecule has 2 aromatic rings. The van der Waals surface area contributed by atoms with Gasteiger partial charge in [0.25, 0.3) is 0 Å². The van der Waals surface area contributed by atoms with E-state index in [0.717, 1.165) is 34.4 Å². The van der Waals surface area contributed by atoms with Crippen LogP contribution >= 0.6 is 15.9 Å². The Balaban J connectivity index is 1.82. The van der Waals surface area contributed by atoms with Gasteiger partial charge >= 0.3 is 0 Å². The van der Waals surface area contributed by atoms with Crippen LogP contribution in [0.15, 0.2) is 40.9 Å². The molecule has 4 nitrogen and oxygen atoms in total. The van der Waals surface area contributed by atoms with Crippen molar-refractivity contribution in [3.8, 4) is 0 Å². The number of nitrogens with zero attached hydrogens (tertiary/aromatic N) is 1. The van der Waals surface area contributed by atoms with Gasteiger partial charge in [0.1, 0.15) is 6.04 Å². The molecule has 1 unspecified atom stereocenters. The number of nitrogens with one attached hydrogen (secondary N) is 1. The molecule has 2 heterocycles. The Morgan fingerprint density at radius 1 is 1.24 bits per heavy atom. The van der Waals surface area contributed by atoms with Gasteiger partial charge in [0, 0.05) is 28.0 Å². The van der Waals surface area contributed by atoms with Gasteiger partial charge < -0.3 is 16.0 Å². The van der Waals surface area contributed by atoms with Gasteiger partial charge in [-0.3, -0.25) is 4.79 Å². The van der Waals surface area contributed by atoms with E-state index in [4.69, 9.17) is 5.73 Å². The average molecular weight is 344 g/mol. The fraction of sp³-hybridized carbons (Fsp3) is 0.188. The summed E-state index contributed by atoms with van der Waals surface area (Å²) in [6, 6.07) is 11.8. The molecule has 0 fully saturated rings. The molecule has 5 heteroatoms. The summed E-state index contributed by atoms with van der Waals surface area (Å²) in [5.41, 5.74) is 11.2. The second kappa shape index (κ2) is 4.58. The lowest BCUT2D eigenvalue weighted by Crippen LogP contribution is -2.19. The number of hydrogen-bond acceptors (Lipinski definition) is 3. The maximum absolute atomic E-state index is 11.7. The van der Waals surface area contributed by atoms with Crippen LogP contribution in [-0.2, 0) is 11.2 Å². The highest BCUT2D eigenvalue weighted by atomic mass is 79.9. The van der Waals surface area contributed by atoms with E-state index >= 15 is 0 Å². The smallest absolute Gasteiger partial charge is 0.245 e. The molecule has 3 N–H and O–H groups in total. The number of carbonyl (C=O) groups excluding carboxylic acids is 1. The maximum Gasteiger partial charge on any atom is 0.245 e. The third kappa shape index (κ3) is 1.88. The number of halogens is 1. The molecule has 0 radical (unpaired) electrons. The monoisotopic (exact) mass is 343 g/mol. The van der Waals surface area contributed by atoms with E-state index in [0.29, 0.717) is 0 Å². The third-order valence-electron chi connectivity index (χ3n) is 4.17. The molecule has 1 atom stereocenters. The molecule has 2 aliphatic rings. The minimum atomic E-state index is -0.573. The van der Waals surface area contributed by atoms with Crippen LogP contribution in [0, 0.1) is 0 Å². The van der Waals surface area contributed by atoms with E-state index in [2.05, 4.69) is 50.4 Å². The largest absolute Gasteiger partial charge is 0.340 e. The van der Waals surface area contributed by atoms with Gasteiger partial charge in [-0.05, 0) is 46.1 Å². The summed E-state index contributed by atoms with van der Waals surface area (Å²) in [6.07, 6.45) is 1.03. The molecule has 0 aromatic heterocycles. The highest BCUT2D eigenvalue weighted by Gasteiger charge is 2.30. The van der Waals surface area contributed by atoms with Crippen molar-refractivity contribution in [1.82, 2.24) is 0 Å². The van der Waals surface area contributed by atoms with E-state index in [1.54, 1.807) is 0 Å². The van der Waals surface area contributed by atoms with Crippen molar-refractivity contribution < 1.29 is 4.79 Å². The van der Waals surface area contributed by atoms with Crippen LogP contribution in [0.1, 0.15) is 17.2 Å². The van der Waals surface area contributed by atoms with Crippen LogP contribution in [0.3, 0.4) is 0 Å². The molecule has 2 aromatic carbocycles. The van der Waals surface area contributed by atoms with Gasteiger partial charge in [-0.15, -0.1) is 0 Å². The molecule has 0 saturated heterocycles. The van der Waals surface area contributed by atoms with Crippen molar-refractivity contribution in [2.24, 2.45) is 5.73 Å². The molecule has 0 aliphatic carbocycles. The fourth-order valence-corrected chi connectivity index (χ4v) is 3.66. The predicted octanol–water partition coefficient (Wildman–Crippen LogP) is 3.10. The lowest BCUT2D eigenvalue weighted by atomic mass is 10.1. The minimum Gasteiger partial charge on any atom is -0.340 e. The van der Waals surface area contributed by atoms with Crippen LogP contribution in [0.25, 0.3) is 0 Å². The predicted molar refractivity (Wildman–Crippen MR) is 86.9 cm³/mol. The second-order valence-corrected chi connectivity index (χ2v) is 6.24. The van der Waals surface area contributed by atoms with Crippen LogP contribution in [0.2, 0.25) is 0 Å². The van der Waals surface area contributed by atoms with Gasteiger partial charge in [-0.25, -0.2) is 0 Å². The SMILES string of the molecule is NC1C(=O)Nc2cc(N3CCc4ccccc43)c(Br)cc21. The first kappa shape index (κ1) is 12.9. The number of fused-ring (bicyclic) bond motifs is 2. The van der Waals surface area contributed by atoms with Crippen molar-refractivity contribution in [2.75, 3.05) is 16.8 Å². The van der Waals surface area contributed by atoms with Gasteiger partial charge in [-0.1, -0.05) is 18.2 Å². The molecular formula is C16H14BrN3O. The Morgan fingerprint density at radius 2 is 2.05 bits per heavy atom. The fourth-order valence-electron chi connectivity index (χ4n) is 3.09. The maximum atomic E-state index is 11.7. The van der Waals surface area contributed by atoms with Gasteiger partial charge in [0.05, 0.1) is 5.69 Å². The zero-order chi connectivity index (χ0) is 14.6. The Labute approximate surface area is 131 Å². The van der Waals surface area contributed by atoms with Crippen LogP contribution in [0.4, 0.5) is 17.1 Å². The molecule has 106 valence electrons. The number of para-hydroxylation sites is 1. The summed E-state index contributed by atoms with van der Waals surface area (Å²) in [6.45, 7) is 0.941. The number of carbonyl (C=O) groups is 1. The lowest BCUT2D eigenvalue weighted by molar-refractivity contribution is -0.116. The third-order valence-corrected chi connectivity index (χ3v) is 4.81. The van der Waals surface area contributed by atoms with Gasteiger partial charge in [0.15, 0.2) is 0 Å². The van der Waals surface area contributed by atoms with Crippen LogP contribution in [-0.4, -0.2) is 12.5 Å². The first-order valence-corrected chi connectivity index (χ1v) is 7.70. The van der Waals surface area contributed by atoms with E-state index < -0.39 is 6.04 Å². The summed E-state index contributed by atoms with van der Waals surface area (Å²) >= 11 is 3.62. The first-order valence-electron chi connectivity index (χ1n) is 6.90. The molecule has 0 saturated carbocycles. The standard InChI is InChI=1S/C16H14BrN3O/c17-11-7-10-12(19-16(21)15(10)18)8-14(11)20-6-5-9-3-1-2-4-13(9)20/h1-4,7-8,15H,5-6,18H2,(H,19,21). The lowest BCUT2D eigenvalue weighted by Gasteiger charge is -2.22. The summed E-state index contributed by atoms with van der Waals surface area (Å²) in [5, 5.41) is 2.85. The van der Waals surface area contributed by atoms with Crippen molar-refractivity contribution in [2.45, 2.75) is 12.5 Å². The average Bonchev–Trinajstić information content (AvgIpc) is 3.02. The number of hydrogen-bond donors (Lipinski definition) is 2. The summed E-state index contributed by atoms with van der Waals surface area (Å²) in [7, 11) is 0. The molecule has 0 bridgehead atoms. The summed E-state index contributed by atoms with van der Waals surface area (Å²) in [4.78, 5) is 14.0. The van der Waals surface area contributed by atoms with Crippen molar-refractivity contribution in [1.29, 1.82) is 0 Å². The number of amides is 1. The van der Waals surface area contributed by atoms with Gasteiger partial charge in [-0.2, -0.15) is 0 Å². The molecule has 4 rings (SSSR count). The number of nitrogens with two attached hydrogens (primary N) is 1. The summed E-state index contributed by atoms with van der Waals surface area (Å²) in [5.74, 6) is -0.143.